The Kier molecular flexibility index (Phi) is 1.97. The third-order valence-electron chi connectivity index (χ3n) is 1.41. The quantitative estimate of drug-likeness (QED) is 0.531. The standard InChI is InChI=1S/C5H8N4S2/c1-9-3(7)2(6)4(10)8-5(9)11/h6-7H2,1H3,(H,8,10,11). The van der Waals surface area contributed by atoms with Crippen LogP contribution >= 0.6 is 24.4 Å². The Morgan fingerprint density at radius 1 is 1.36 bits per heavy atom. The van der Waals surface area contributed by atoms with Gasteiger partial charge in [0.1, 0.15) is 16.1 Å². The minimum atomic E-state index is 0.371. The van der Waals surface area contributed by atoms with E-state index in [1.165, 1.54) is 0 Å². The molecular weight excluding hydrogens is 180 g/mol. The molecule has 1 heterocycles. The van der Waals surface area contributed by atoms with Gasteiger partial charge in [0.05, 0.1) is 0 Å². The van der Waals surface area contributed by atoms with Crippen LogP contribution < -0.4 is 11.5 Å². The van der Waals surface area contributed by atoms with E-state index in [4.69, 9.17) is 35.9 Å². The van der Waals surface area contributed by atoms with Gasteiger partial charge in [-0.1, -0.05) is 12.2 Å². The van der Waals surface area contributed by atoms with Crippen LogP contribution in [0, 0.1) is 9.41 Å². The minimum absolute atomic E-state index is 0.371. The number of nitrogens with zero attached hydrogens (tertiary/aromatic N) is 1. The van der Waals surface area contributed by atoms with Gasteiger partial charge < -0.3 is 21.0 Å². The Balaban J connectivity index is 3.73. The summed E-state index contributed by atoms with van der Waals surface area (Å²) in [7, 11) is 1.72. The lowest BCUT2D eigenvalue weighted by Crippen LogP contribution is -2.08. The number of aromatic nitrogens is 2. The van der Waals surface area contributed by atoms with Crippen LogP contribution in [0.1, 0.15) is 0 Å². The van der Waals surface area contributed by atoms with Crippen LogP contribution in [0.15, 0.2) is 0 Å². The lowest BCUT2D eigenvalue weighted by atomic mass is 10.5. The highest BCUT2D eigenvalue weighted by molar-refractivity contribution is 7.72. The average molecular weight is 188 g/mol. The van der Waals surface area contributed by atoms with E-state index in [1.54, 1.807) is 11.6 Å². The second-order valence-corrected chi connectivity index (χ2v) is 2.91. The average Bonchev–Trinajstić information content (AvgIpc) is 1.97. The molecule has 0 aliphatic heterocycles. The van der Waals surface area contributed by atoms with Crippen molar-refractivity contribution in [1.29, 1.82) is 0 Å². The van der Waals surface area contributed by atoms with Crippen molar-refractivity contribution in [2.45, 2.75) is 0 Å². The molecular formula is C5H8N4S2. The summed E-state index contributed by atoms with van der Waals surface area (Å²) in [6, 6.07) is 0. The van der Waals surface area contributed by atoms with Crippen LogP contribution in [0.25, 0.3) is 0 Å². The fourth-order valence-electron chi connectivity index (χ4n) is 0.655. The molecule has 0 bridgehead atoms. The summed E-state index contributed by atoms with van der Waals surface area (Å²) in [6.45, 7) is 0. The molecule has 0 amide bonds. The van der Waals surface area contributed by atoms with E-state index in [9.17, 15) is 0 Å². The molecule has 6 heteroatoms. The molecule has 60 valence electrons. The summed E-state index contributed by atoms with van der Waals surface area (Å²) in [5.41, 5.74) is 11.5. The molecule has 0 radical (unpaired) electrons. The zero-order chi connectivity index (χ0) is 8.59. The lowest BCUT2D eigenvalue weighted by molar-refractivity contribution is 0.857. The van der Waals surface area contributed by atoms with Crippen molar-refractivity contribution in [3.05, 3.63) is 9.41 Å². The number of rotatable bonds is 0. The van der Waals surface area contributed by atoms with Crippen molar-refractivity contribution in [2.75, 3.05) is 11.5 Å². The second kappa shape index (κ2) is 2.63. The van der Waals surface area contributed by atoms with Crippen LogP contribution in [0.2, 0.25) is 0 Å². The maximum Gasteiger partial charge on any atom is 0.179 e. The van der Waals surface area contributed by atoms with Crippen molar-refractivity contribution in [1.82, 2.24) is 9.55 Å². The molecule has 0 atom stereocenters. The van der Waals surface area contributed by atoms with Crippen LogP contribution in [0.3, 0.4) is 0 Å². The van der Waals surface area contributed by atoms with E-state index < -0.39 is 0 Å². The van der Waals surface area contributed by atoms with Crippen molar-refractivity contribution >= 4 is 35.9 Å². The number of hydrogen-bond acceptors (Lipinski definition) is 4. The Labute approximate surface area is 73.8 Å². The highest BCUT2D eigenvalue weighted by Crippen LogP contribution is 2.12. The molecule has 0 spiro atoms. The van der Waals surface area contributed by atoms with Gasteiger partial charge in [-0.05, 0) is 12.2 Å². The molecule has 0 saturated carbocycles. The maximum atomic E-state index is 5.57. The Morgan fingerprint density at radius 3 is 2.45 bits per heavy atom. The van der Waals surface area contributed by atoms with E-state index in [0.717, 1.165) is 0 Å². The first-order valence-electron chi connectivity index (χ1n) is 2.88. The summed E-state index contributed by atoms with van der Waals surface area (Å²) >= 11 is 9.74. The molecule has 1 rings (SSSR count). The van der Waals surface area contributed by atoms with E-state index in [-0.39, 0.29) is 0 Å². The molecule has 11 heavy (non-hydrogen) atoms. The van der Waals surface area contributed by atoms with Crippen LogP contribution in [0.5, 0.6) is 0 Å². The Hall–Kier alpha value is -0.880. The fourth-order valence-corrected chi connectivity index (χ4v) is 1.12. The first-order valence-corrected chi connectivity index (χ1v) is 3.70. The summed E-state index contributed by atoms with van der Waals surface area (Å²) < 4.78 is 2.44. The van der Waals surface area contributed by atoms with Gasteiger partial charge in [-0.25, -0.2) is 0 Å². The second-order valence-electron chi connectivity index (χ2n) is 2.12. The molecule has 0 aliphatic carbocycles. The molecule has 0 fully saturated rings. The van der Waals surface area contributed by atoms with Crippen molar-refractivity contribution in [3.63, 3.8) is 0 Å². The van der Waals surface area contributed by atoms with Crippen molar-refractivity contribution < 1.29 is 0 Å². The Morgan fingerprint density at radius 2 is 1.91 bits per heavy atom. The number of anilines is 2. The molecule has 1 aromatic heterocycles. The monoisotopic (exact) mass is 188 g/mol. The maximum absolute atomic E-state index is 5.57. The van der Waals surface area contributed by atoms with E-state index in [1.807, 2.05) is 0 Å². The van der Waals surface area contributed by atoms with E-state index in [2.05, 4.69) is 4.98 Å². The van der Waals surface area contributed by atoms with Gasteiger partial charge in [0.15, 0.2) is 4.77 Å². The molecule has 1 aromatic rings. The van der Waals surface area contributed by atoms with Gasteiger partial charge in [-0.2, -0.15) is 0 Å². The largest absolute Gasteiger partial charge is 0.393 e. The third kappa shape index (κ3) is 1.26. The third-order valence-corrected chi connectivity index (χ3v) is 2.10. The predicted octanol–water partition coefficient (Wildman–Crippen LogP) is 0.977. The number of nitrogens with two attached hydrogens (primary N) is 2. The summed E-state index contributed by atoms with van der Waals surface area (Å²) in [5, 5.41) is 0. The SMILES string of the molecule is Cn1c(N)c(N)c(=S)[nH]c1=S. The van der Waals surface area contributed by atoms with Gasteiger partial charge in [0.2, 0.25) is 0 Å². The van der Waals surface area contributed by atoms with Crippen LogP contribution in [0.4, 0.5) is 11.5 Å². The number of nitrogen functional groups attached to an aromatic ring is 2. The molecule has 0 saturated heterocycles. The lowest BCUT2D eigenvalue weighted by Gasteiger charge is -2.06. The van der Waals surface area contributed by atoms with Crippen LogP contribution in [-0.4, -0.2) is 9.55 Å². The Bertz CT molecular complexity index is 354. The number of nitrogens with one attached hydrogen (secondary N) is 1. The number of aromatic amines is 1. The fraction of sp³-hybridized carbons (Fsp3) is 0.200. The predicted molar refractivity (Wildman–Crippen MR) is 50.3 cm³/mol. The molecule has 0 unspecified atom stereocenters. The first-order chi connectivity index (χ1) is 5.04. The normalized spacial score (nSPS) is 9.91. The smallest absolute Gasteiger partial charge is 0.179 e. The number of hydrogen-bond donors (Lipinski definition) is 3. The topological polar surface area (TPSA) is 72.8 Å². The van der Waals surface area contributed by atoms with Crippen LogP contribution in [-0.2, 0) is 7.05 Å². The summed E-state index contributed by atoms with van der Waals surface area (Å²) in [5.74, 6) is 0.402. The van der Waals surface area contributed by atoms with E-state index in [0.29, 0.717) is 20.9 Å². The minimum Gasteiger partial charge on any atom is -0.393 e. The highest BCUT2D eigenvalue weighted by Gasteiger charge is 1.99. The van der Waals surface area contributed by atoms with Gasteiger partial charge in [0.25, 0.3) is 0 Å². The molecule has 5 N–H and O–H groups in total. The van der Waals surface area contributed by atoms with Gasteiger partial charge in [-0.3, -0.25) is 0 Å². The summed E-state index contributed by atoms with van der Waals surface area (Å²) in [6.07, 6.45) is 0. The van der Waals surface area contributed by atoms with Crippen molar-refractivity contribution in [2.24, 2.45) is 7.05 Å². The molecule has 0 aromatic carbocycles. The summed E-state index contributed by atoms with van der Waals surface area (Å²) in [4.78, 5) is 2.74. The van der Waals surface area contributed by atoms with Crippen molar-refractivity contribution in [3.8, 4) is 0 Å². The highest BCUT2D eigenvalue weighted by atomic mass is 32.1. The van der Waals surface area contributed by atoms with Gasteiger partial charge in [-0.15, -0.1) is 0 Å². The zero-order valence-electron chi connectivity index (χ0n) is 5.92. The molecule has 0 aliphatic rings. The zero-order valence-corrected chi connectivity index (χ0v) is 7.55. The molecule has 4 nitrogen and oxygen atoms in total. The van der Waals surface area contributed by atoms with Gasteiger partial charge >= 0.3 is 0 Å². The first kappa shape index (κ1) is 8.22. The van der Waals surface area contributed by atoms with Gasteiger partial charge in [0, 0.05) is 7.05 Å². The number of H-pyrrole nitrogens is 1. The van der Waals surface area contributed by atoms with E-state index >= 15 is 0 Å².